The van der Waals surface area contributed by atoms with E-state index >= 15 is 0 Å². The molecular formula is C25H30N4O4. The van der Waals surface area contributed by atoms with Crippen molar-refractivity contribution in [3.05, 3.63) is 65.5 Å². The number of hydroxylamine groups is 1. The summed E-state index contributed by atoms with van der Waals surface area (Å²) >= 11 is 0. The van der Waals surface area contributed by atoms with Gasteiger partial charge in [0.05, 0.1) is 23.6 Å². The molecule has 33 heavy (non-hydrogen) atoms. The van der Waals surface area contributed by atoms with Crippen LogP contribution in [0.15, 0.2) is 48.5 Å². The molecule has 8 nitrogen and oxygen atoms in total. The third kappa shape index (κ3) is 4.91. The molecule has 0 unspecified atom stereocenters. The number of rotatable bonds is 5. The van der Waals surface area contributed by atoms with Gasteiger partial charge >= 0.3 is 0 Å². The van der Waals surface area contributed by atoms with Gasteiger partial charge in [-0.1, -0.05) is 45.0 Å². The van der Waals surface area contributed by atoms with E-state index in [1.54, 1.807) is 17.6 Å². The zero-order chi connectivity index (χ0) is 23.6. The largest absolute Gasteiger partial charge is 0.380 e. The SMILES string of the molecule is CC(C)(C)c1nc2ccccc2n1Cc1ccc(C(=O)N[C@@H]2CCOC[C@@H]2C(=O)NO)cc1. The molecule has 0 saturated carbocycles. The molecule has 1 fully saturated rings. The van der Waals surface area contributed by atoms with Crippen molar-refractivity contribution in [1.82, 2.24) is 20.3 Å². The Hall–Kier alpha value is -3.23. The number of carbonyl (C=O) groups excluding carboxylic acids is 2. The van der Waals surface area contributed by atoms with Gasteiger partial charge in [0, 0.05) is 30.2 Å². The molecular weight excluding hydrogens is 420 g/mol. The minimum Gasteiger partial charge on any atom is -0.380 e. The van der Waals surface area contributed by atoms with E-state index in [1.165, 1.54) is 0 Å². The Bertz CT molecular complexity index is 1150. The van der Waals surface area contributed by atoms with Crippen LogP contribution in [0, 0.1) is 5.92 Å². The number of para-hydroxylation sites is 2. The number of carbonyl (C=O) groups is 2. The fourth-order valence-electron chi connectivity index (χ4n) is 4.26. The zero-order valence-electron chi connectivity index (χ0n) is 19.2. The molecule has 1 aliphatic heterocycles. The van der Waals surface area contributed by atoms with Gasteiger partial charge in [-0.25, -0.2) is 10.5 Å². The van der Waals surface area contributed by atoms with Gasteiger partial charge in [0.25, 0.3) is 11.8 Å². The van der Waals surface area contributed by atoms with Crippen molar-refractivity contribution in [2.45, 2.75) is 45.2 Å². The van der Waals surface area contributed by atoms with Crippen LogP contribution in [0.4, 0.5) is 0 Å². The standard InChI is InChI=1S/C25H30N4O4/c1-25(2,3)24-27-20-6-4-5-7-21(20)29(24)14-16-8-10-17(11-9-16)22(30)26-19-12-13-33-15-18(19)23(31)28-32/h4-11,18-19,32H,12-15H2,1-3H3,(H,26,30)(H,28,31)/t18-,19+/m0/s1. The Morgan fingerprint density at radius 1 is 1.15 bits per heavy atom. The van der Waals surface area contributed by atoms with E-state index in [2.05, 4.69) is 36.7 Å². The second-order valence-electron chi connectivity index (χ2n) is 9.48. The van der Waals surface area contributed by atoms with Crippen LogP contribution in [0.25, 0.3) is 11.0 Å². The van der Waals surface area contributed by atoms with Gasteiger partial charge in [-0.15, -0.1) is 0 Å². The molecule has 3 aromatic rings. The minimum atomic E-state index is -0.627. The summed E-state index contributed by atoms with van der Waals surface area (Å²) in [5.41, 5.74) is 5.17. The molecule has 2 aromatic carbocycles. The lowest BCUT2D eigenvalue weighted by molar-refractivity contribution is -0.138. The Morgan fingerprint density at radius 3 is 2.58 bits per heavy atom. The maximum Gasteiger partial charge on any atom is 0.251 e. The van der Waals surface area contributed by atoms with Crippen molar-refractivity contribution in [2.75, 3.05) is 13.2 Å². The summed E-state index contributed by atoms with van der Waals surface area (Å²) in [6.45, 7) is 7.71. The number of amides is 2. The average molecular weight is 451 g/mol. The first-order valence-corrected chi connectivity index (χ1v) is 11.1. The van der Waals surface area contributed by atoms with Crippen LogP contribution in [0.5, 0.6) is 0 Å². The summed E-state index contributed by atoms with van der Waals surface area (Å²) in [5, 5.41) is 11.9. The maximum atomic E-state index is 12.8. The van der Waals surface area contributed by atoms with E-state index in [0.29, 0.717) is 25.1 Å². The van der Waals surface area contributed by atoms with Crippen LogP contribution in [-0.4, -0.2) is 45.8 Å². The first-order valence-electron chi connectivity index (χ1n) is 11.1. The number of hydrogen-bond acceptors (Lipinski definition) is 5. The summed E-state index contributed by atoms with van der Waals surface area (Å²) in [5.74, 6) is -0.430. The van der Waals surface area contributed by atoms with E-state index in [4.69, 9.17) is 14.9 Å². The monoisotopic (exact) mass is 450 g/mol. The molecule has 1 aliphatic rings. The summed E-state index contributed by atoms with van der Waals surface area (Å²) in [4.78, 5) is 29.5. The quantitative estimate of drug-likeness (QED) is 0.409. The highest BCUT2D eigenvalue weighted by atomic mass is 16.5. The van der Waals surface area contributed by atoms with Gasteiger partial charge in [-0.3, -0.25) is 14.8 Å². The Kier molecular flexibility index (Phi) is 6.49. The smallest absolute Gasteiger partial charge is 0.251 e. The third-order valence-corrected chi connectivity index (χ3v) is 6.00. The average Bonchev–Trinajstić information content (AvgIpc) is 3.18. The Balaban J connectivity index is 1.51. The number of nitrogens with zero attached hydrogens (tertiary/aromatic N) is 2. The summed E-state index contributed by atoms with van der Waals surface area (Å²) in [6.07, 6.45) is 0.505. The number of nitrogens with one attached hydrogen (secondary N) is 2. The van der Waals surface area contributed by atoms with Gasteiger partial charge < -0.3 is 14.6 Å². The van der Waals surface area contributed by atoms with Crippen LogP contribution in [0.3, 0.4) is 0 Å². The Labute approximate surface area is 192 Å². The summed E-state index contributed by atoms with van der Waals surface area (Å²) in [7, 11) is 0. The molecule has 2 heterocycles. The van der Waals surface area contributed by atoms with Gasteiger partial charge in [0.15, 0.2) is 0 Å². The molecule has 3 N–H and O–H groups in total. The van der Waals surface area contributed by atoms with Gasteiger partial charge in [0.2, 0.25) is 0 Å². The second kappa shape index (κ2) is 9.33. The van der Waals surface area contributed by atoms with Gasteiger partial charge in [0.1, 0.15) is 5.82 Å². The Morgan fingerprint density at radius 2 is 1.88 bits per heavy atom. The molecule has 2 atom stereocenters. The molecule has 4 rings (SSSR count). The zero-order valence-corrected chi connectivity index (χ0v) is 19.2. The predicted molar refractivity (Wildman–Crippen MR) is 124 cm³/mol. The lowest BCUT2D eigenvalue weighted by Gasteiger charge is -2.30. The number of benzene rings is 2. The summed E-state index contributed by atoms with van der Waals surface area (Å²) in [6, 6.07) is 15.2. The molecule has 2 amide bonds. The first kappa shape index (κ1) is 22.9. The highest BCUT2D eigenvalue weighted by Gasteiger charge is 2.33. The van der Waals surface area contributed by atoms with Crippen LogP contribution in [0.2, 0.25) is 0 Å². The first-order chi connectivity index (χ1) is 15.8. The van der Waals surface area contributed by atoms with Crippen molar-refractivity contribution >= 4 is 22.8 Å². The fraction of sp³-hybridized carbons (Fsp3) is 0.400. The molecule has 174 valence electrons. The third-order valence-electron chi connectivity index (χ3n) is 6.00. The topological polar surface area (TPSA) is 105 Å². The van der Waals surface area contributed by atoms with Crippen LogP contribution in [0.1, 0.15) is 48.9 Å². The molecule has 0 spiro atoms. The molecule has 1 saturated heterocycles. The second-order valence-corrected chi connectivity index (χ2v) is 9.48. The molecule has 0 radical (unpaired) electrons. The molecule has 0 bridgehead atoms. The lowest BCUT2D eigenvalue weighted by Crippen LogP contribution is -2.51. The lowest BCUT2D eigenvalue weighted by atomic mass is 9.94. The normalized spacial score (nSPS) is 18.8. The van der Waals surface area contributed by atoms with E-state index in [0.717, 1.165) is 22.4 Å². The minimum absolute atomic E-state index is 0.111. The van der Waals surface area contributed by atoms with Crippen molar-refractivity contribution in [3.63, 3.8) is 0 Å². The van der Waals surface area contributed by atoms with Crippen LogP contribution in [-0.2, 0) is 21.5 Å². The number of imidazole rings is 1. The highest BCUT2D eigenvalue weighted by molar-refractivity contribution is 5.95. The molecule has 1 aromatic heterocycles. The number of ether oxygens (including phenoxy) is 1. The van der Waals surface area contributed by atoms with Crippen molar-refractivity contribution in [1.29, 1.82) is 0 Å². The maximum absolute atomic E-state index is 12.8. The summed E-state index contributed by atoms with van der Waals surface area (Å²) < 4.78 is 7.55. The van der Waals surface area contributed by atoms with Crippen molar-refractivity contribution < 1.29 is 19.5 Å². The van der Waals surface area contributed by atoms with Gasteiger partial charge in [-0.05, 0) is 36.2 Å². The molecule has 8 heteroatoms. The van der Waals surface area contributed by atoms with Crippen molar-refractivity contribution in [2.24, 2.45) is 5.92 Å². The van der Waals surface area contributed by atoms with Gasteiger partial charge in [-0.2, -0.15) is 0 Å². The number of fused-ring (bicyclic) bond motifs is 1. The van der Waals surface area contributed by atoms with E-state index in [1.807, 2.05) is 30.3 Å². The fourth-order valence-corrected chi connectivity index (χ4v) is 4.26. The van der Waals surface area contributed by atoms with E-state index < -0.39 is 17.9 Å². The van der Waals surface area contributed by atoms with Crippen LogP contribution >= 0.6 is 0 Å². The van der Waals surface area contributed by atoms with E-state index in [9.17, 15) is 9.59 Å². The van der Waals surface area contributed by atoms with Crippen molar-refractivity contribution in [3.8, 4) is 0 Å². The molecule has 0 aliphatic carbocycles. The number of aromatic nitrogens is 2. The highest BCUT2D eigenvalue weighted by Crippen LogP contribution is 2.27. The predicted octanol–water partition coefficient (Wildman–Crippen LogP) is 3.02. The van der Waals surface area contributed by atoms with Crippen LogP contribution < -0.4 is 10.8 Å². The van der Waals surface area contributed by atoms with E-state index in [-0.39, 0.29) is 17.9 Å². The number of hydrogen-bond donors (Lipinski definition) is 3.